The highest BCUT2D eigenvalue weighted by atomic mass is 19.4. The van der Waals surface area contributed by atoms with Crippen molar-refractivity contribution in [2.75, 3.05) is 13.7 Å². The van der Waals surface area contributed by atoms with Gasteiger partial charge >= 0.3 is 12.1 Å². The Morgan fingerprint density at radius 2 is 1.92 bits per heavy atom. The normalized spacial score (nSPS) is 11.5. The molecule has 0 bridgehead atoms. The Kier molecular flexibility index (Phi) is 6.16. The van der Waals surface area contributed by atoms with Gasteiger partial charge in [0.1, 0.15) is 11.4 Å². The number of methoxy groups -OCH3 is 1. The molecule has 2 rings (SSSR count). The second kappa shape index (κ2) is 8.32. The maximum absolute atomic E-state index is 12.2. The number of halogens is 3. The van der Waals surface area contributed by atoms with Gasteiger partial charge in [0.25, 0.3) is 0 Å². The summed E-state index contributed by atoms with van der Waals surface area (Å²) in [6, 6.07) is 14.6. The smallest absolute Gasteiger partial charge is 0.471 e. The number of carbonyl (C=O) groups excluding carboxylic acids is 1. The molecule has 4 nitrogen and oxygen atoms in total. The summed E-state index contributed by atoms with van der Waals surface area (Å²) in [5, 5.41) is 1.84. The van der Waals surface area contributed by atoms with Crippen molar-refractivity contribution in [3.63, 3.8) is 0 Å². The van der Waals surface area contributed by atoms with Crippen LogP contribution in [0.25, 0.3) is 0 Å². The lowest BCUT2D eigenvalue weighted by Gasteiger charge is -2.09. The van der Waals surface area contributed by atoms with E-state index in [0.717, 1.165) is 11.1 Å². The van der Waals surface area contributed by atoms with E-state index in [1.807, 2.05) is 35.6 Å². The third-order valence-corrected chi connectivity index (χ3v) is 3.35. The van der Waals surface area contributed by atoms with Crippen LogP contribution in [0.2, 0.25) is 0 Å². The molecular weight excluding hydrogens is 333 g/mol. The maximum atomic E-state index is 12.2. The molecule has 1 amide bonds. The van der Waals surface area contributed by atoms with Gasteiger partial charge in [-0.3, -0.25) is 9.79 Å². The van der Waals surface area contributed by atoms with Gasteiger partial charge in [-0.05, 0) is 29.7 Å². The molecule has 0 fully saturated rings. The molecule has 132 valence electrons. The number of alkyl halides is 3. The van der Waals surface area contributed by atoms with E-state index in [1.165, 1.54) is 7.11 Å². The lowest BCUT2D eigenvalue weighted by molar-refractivity contribution is -0.173. The minimum absolute atomic E-state index is 0.119. The third-order valence-electron chi connectivity index (χ3n) is 3.35. The van der Waals surface area contributed by atoms with E-state index in [4.69, 9.17) is 4.74 Å². The van der Waals surface area contributed by atoms with Crippen LogP contribution in [0.1, 0.15) is 11.1 Å². The van der Waals surface area contributed by atoms with Crippen molar-refractivity contribution < 1.29 is 22.7 Å². The minimum atomic E-state index is -4.87. The van der Waals surface area contributed by atoms with Gasteiger partial charge in [-0.2, -0.15) is 13.2 Å². The Balaban J connectivity index is 2.06. The Morgan fingerprint density at radius 3 is 2.56 bits per heavy atom. The molecule has 0 radical (unpaired) electrons. The molecule has 2 aromatic rings. The van der Waals surface area contributed by atoms with Crippen LogP contribution in [0, 0.1) is 0 Å². The van der Waals surface area contributed by atoms with Crippen molar-refractivity contribution in [1.82, 2.24) is 5.32 Å². The molecule has 0 heterocycles. The first-order chi connectivity index (χ1) is 11.9. The average Bonchev–Trinajstić information content (AvgIpc) is 2.60. The van der Waals surface area contributed by atoms with E-state index in [0.29, 0.717) is 11.4 Å². The number of hydrogen-bond acceptors (Lipinski definition) is 3. The van der Waals surface area contributed by atoms with E-state index in [9.17, 15) is 18.0 Å². The number of hydrogen-bond donors (Lipinski definition) is 1. The quantitative estimate of drug-likeness (QED) is 0.808. The monoisotopic (exact) mass is 350 g/mol. The highest BCUT2D eigenvalue weighted by Gasteiger charge is 2.38. The highest BCUT2D eigenvalue weighted by molar-refractivity contribution is 5.83. The molecule has 0 aliphatic carbocycles. The first kappa shape index (κ1) is 18.5. The van der Waals surface area contributed by atoms with Crippen LogP contribution >= 0.6 is 0 Å². The van der Waals surface area contributed by atoms with Crippen LogP contribution in [-0.4, -0.2) is 32.0 Å². The lowest BCUT2D eigenvalue weighted by Crippen LogP contribution is -2.37. The molecule has 7 heteroatoms. The van der Waals surface area contributed by atoms with Crippen molar-refractivity contribution >= 4 is 17.8 Å². The van der Waals surface area contributed by atoms with Gasteiger partial charge in [0.15, 0.2) is 0 Å². The fourth-order valence-corrected chi connectivity index (χ4v) is 2.10. The van der Waals surface area contributed by atoms with Crippen molar-refractivity contribution in [2.24, 2.45) is 4.99 Å². The number of amides is 1. The van der Waals surface area contributed by atoms with Gasteiger partial charge in [0.2, 0.25) is 0 Å². The topological polar surface area (TPSA) is 50.7 Å². The number of nitrogens with zero attached hydrogens (tertiary/aromatic N) is 1. The van der Waals surface area contributed by atoms with Gasteiger partial charge < -0.3 is 10.1 Å². The number of carbonyl (C=O) groups is 1. The van der Waals surface area contributed by atoms with Crippen molar-refractivity contribution in [1.29, 1.82) is 0 Å². The zero-order valence-corrected chi connectivity index (χ0v) is 13.5. The summed E-state index contributed by atoms with van der Waals surface area (Å²) in [4.78, 5) is 15.2. The van der Waals surface area contributed by atoms with Gasteiger partial charge in [0, 0.05) is 12.8 Å². The molecule has 0 aliphatic rings. The number of ether oxygens (including phenoxy) is 1. The number of aliphatic imine (C=N–C) groups is 1. The summed E-state index contributed by atoms with van der Waals surface area (Å²) >= 11 is 0. The SMILES string of the molecule is COc1ccc(CCNC(=O)C(F)(F)F)cc1N=Cc1ccccc1. The first-order valence-corrected chi connectivity index (χ1v) is 7.51. The minimum Gasteiger partial charge on any atom is -0.494 e. The van der Waals surface area contributed by atoms with Crippen LogP contribution in [0.3, 0.4) is 0 Å². The molecule has 0 aliphatic heterocycles. The van der Waals surface area contributed by atoms with Gasteiger partial charge in [-0.25, -0.2) is 0 Å². The van der Waals surface area contributed by atoms with E-state index in [-0.39, 0.29) is 13.0 Å². The molecule has 2 aromatic carbocycles. The molecule has 0 unspecified atom stereocenters. The molecule has 0 aromatic heterocycles. The van der Waals surface area contributed by atoms with E-state index in [1.54, 1.807) is 24.4 Å². The van der Waals surface area contributed by atoms with Crippen LogP contribution in [0.15, 0.2) is 53.5 Å². The number of nitrogens with one attached hydrogen (secondary N) is 1. The molecule has 25 heavy (non-hydrogen) atoms. The predicted octanol–water partition coefficient (Wildman–Crippen LogP) is 3.67. The van der Waals surface area contributed by atoms with E-state index >= 15 is 0 Å². The van der Waals surface area contributed by atoms with Crippen molar-refractivity contribution in [3.8, 4) is 5.75 Å². The Bertz CT molecular complexity index is 744. The molecule has 0 saturated carbocycles. The highest BCUT2D eigenvalue weighted by Crippen LogP contribution is 2.28. The van der Waals surface area contributed by atoms with Gasteiger partial charge in [-0.1, -0.05) is 36.4 Å². The van der Waals surface area contributed by atoms with E-state index < -0.39 is 12.1 Å². The fourth-order valence-electron chi connectivity index (χ4n) is 2.10. The molecule has 1 N–H and O–H groups in total. The molecule has 0 atom stereocenters. The van der Waals surface area contributed by atoms with Crippen molar-refractivity contribution in [3.05, 3.63) is 59.7 Å². The summed E-state index contributed by atoms with van der Waals surface area (Å²) in [7, 11) is 1.51. The summed E-state index contributed by atoms with van der Waals surface area (Å²) in [6.07, 6.45) is -2.95. The van der Waals surface area contributed by atoms with Crippen molar-refractivity contribution in [2.45, 2.75) is 12.6 Å². The van der Waals surface area contributed by atoms with Crippen LogP contribution in [0.5, 0.6) is 5.75 Å². The third kappa shape index (κ3) is 5.63. The Labute approximate surface area is 143 Å². The standard InChI is InChI=1S/C18H17F3N2O2/c1-25-16-8-7-13(9-10-22-17(24)18(19,20)21)11-15(16)23-12-14-5-3-2-4-6-14/h2-8,11-12H,9-10H2,1H3,(H,22,24). The first-order valence-electron chi connectivity index (χ1n) is 7.51. The predicted molar refractivity (Wildman–Crippen MR) is 89.5 cm³/mol. The summed E-state index contributed by atoms with van der Waals surface area (Å²) in [6.45, 7) is -0.119. The fraction of sp³-hybridized carbons (Fsp3) is 0.222. The summed E-state index contributed by atoms with van der Waals surface area (Å²) < 4.78 is 41.7. The van der Waals surface area contributed by atoms with Gasteiger partial charge in [-0.15, -0.1) is 0 Å². The van der Waals surface area contributed by atoms with E-state index in [2.05, 4.69) is 4.99 Å². The largest absolute Gasteiger partial charge is 0.494 e. The Hall–Kier alpha value is -2.83. The van der Waals surface area contributed by atoms with Crippen LogP contribution in [-0.2, 0) is 11.2 Å². The zero-order chi connectivity index (χ0) is 18.3. The second-order valence-corrected chi connectivity index (χ2v) is 5.18. The molecule has 0 spiro atoms. The molecule has 0 saturated heterocycles. The Morgan fingerprint density at radius 1 is 1.20 bits per heavy atom. The van der Waals surface area contributed by atoms with Crippen LogP contribution in [0.4, 0.5) is 18.9 Å². The number of benzene rings is 2. The number of rotatable bonds is 6. The lowest BCUT2D eigenvalue weighted by atomic mass is 10.1. The van der Waals surface area contributed by atoms with Crippen LogP contribution < -0.4 is 10.1 Å². The molecular formula is C18H17F3N2O2. The summed E-state index contributed by atoms with van der Waals surface area (Å²) in [5.74, 6) is -1.39. The maximum Gasteiger partial charge on any atom is 0.471 e. The zero-order valence-electron chi connectivity index (χ0n) is 13.5. The van der Waals surface area contributed by atoms with Gasteiger partial charge in [0.05, 0.1) is 7.11 Å². The summed E-state index contributed by atoms with van der Waals surface area (Å²) in [5.41, 5.74) is 2.21. The second-order valence-electron chi connectivity index (χ2n) is 5.18. The average molecular weight is 350 g/mol.